The molecular weight excluding hydrogens is 454 g/mol. The number of hydrogen-bond acceptors (Lipinski definition) is 4. The Balaban J connectivity index is 1.95. The minimum atomic E-state index is -0.184. The van der Waals surface area contributed by atoms with E-state index in [1.165, 1.54) is 4.68 Å². The van der Waals surface area contributed by atoms with Gasteiger partial charge in [0.15, 0.2) is 0 Å². The van der Waals surface area contributed by atoms with Crippen molar-refractivity contribution in [2.24, 2.45) is 5.10 Å². The quantitative estimate of drug-likeness (QED) is 0.315. The van der Waals surface area contributed by atoms with Crippen molar-refractivity contribution in [1.29, 1.82) is 0 Å². The molecule has 31 heavy (non-hydrogen) atoms. The fourth-order valence-electron chi connectivity index (χ4n) is 3.58. The molecule has 0 N–H and O–H groups in total. The molecule has 0 saturated carbocycles. The second-order valence-electron chi connectivity index (χ2n) is 7.43. The molecule has 0 bridgehead atoms. The first-order chi connectivity index (χ1) is 15.0. The van der Waals surface area contributed by atoms with E-state index >= 15 is 0 Å². The third-order valence-corrected chi connectivity index (χ3v) is 5.91. The van der Waals surface area contributed by atoms with E-state index in [1.54, 1.807) is 12.3 Å². The monoisotopic (exact) mass is 477 g/mol. The van der Waals surface area contributed by atoms with Gasteiger partial charge in [-0.25, -0.2) is 4.98 Å². The van der Waals surface area contributed by atoms with Crippen molar-refractivity contribution in [2.75, 3.05) is 6.61 Å². The molecule has 0 aliphatic rings. The first-order valence-electron chi connectivity index (χ1n) is 10.4. The van der Waals surface area contributed by atoms with Crippen molar-refractivity contribution in [3.63, 3.8) is 0 Å². The van der Waals surface area contributed by atoms with Crippen molar-refractivity contribution in [1.82, 2.24) is 9.66 Å². The Morgan fingerprint density at radius 3 is 2.71 bits per heavy atom. The zero-order valence-electron chi connectivity index (χ0n) is 17.8. The number of benzene rings is 3. The summed E-state index contributed by atoms with van der Waals surface area (Å²) in [5.41, 5.74) is 1.34. The maximum atomic E-state index is 13.4. The van der Waals surface area contributed by atoms with Crippen LogP contribution in [-0.2, 0) is 0 Å². The first-order valence-corrected chi connectivity index (χ1v) is 11.2. The molecule has 0 fully saturated rings. The highest BCUT2D eigenvalue weighted by Crippen LogP contribution is 2.27. The molecule has 1 aromatic heterocycles. The van der Waals surface area contributed by atoms with E-state index in [1.807, 2.05) is 55.5 Å². The second kappa shape index (κ2) is 9.02. The maximum absolute atomic E-state index is 13.4. The predicted molar refractivity (Wildman–Crippen MR) is 131 cm³/mol. The predicted octanol–water partition coefficient (Wildman–Crippen LogP) is 6.11. The van der Waals surface area contributed by atoms with Crippen molar-refractivity contribution >= 4 is 43.8 Å². The maximum Gasteiger partial charge on any atom is 0.282 e. The highest BCUT2D eigenvalue weighted by atomic mass is 79.9. The lowest BCUT2D eigenvalue weighted by molar-refractivity contribution is 0.340. The molecule has 0 amide bonds. The van der Waals surface area contributed by atoms with Crippen LogP contribution in [0.4, 0.5) is 0 Å². The van der Waals surface area contributed by atoms with Gasteiger partial charge < -0.3 is 4.74 Å². The molecule has 5 nitrogen and oxygen atoms in total. The van der Waals surface area contributed by atoms with Crippen molar-refractivity contribution in [3.8, 4) is 5.75 Å². The summed E-state index contributed by atoms with van der Waals surface area (Å²) in [6.45, 7) is 6.63. The summed E-state index contributed by atoms with van der Waals surface area (Å²) >= 11 is 3.45. The summed E-state index contributed by atoms with van der Waals surface area (Å²) in [4.78, 5) is 18.2. The summed E-state index contributed by atoms with van der Waals surface area (Å²) in [5, 5.41) is 7.27. The third-order valence-electron chi connectivity index (χ3n) is 5.42. The van der Waals surface area contributed by atoms with Crippen LogP contribution in [0, 0.1) is 0 Å². The first kappa shape index (κ1) is 21.2. The topological polar surface area (TPSA) is 56.5 Å². The Morgan fingerprint density at radius 2 is 1.94 bits per heavy atom. The van der Waals surface area contributed by atoms with Gasteiger partial charge in [-0.05, 0) is 48.4 Å². The summed E-state index contributed by atoms with van der Waals surface area (Å²) in [7, 11) is 0. The number of fused-ring (bicyclic) bond motifs is 2. The SMILES string of the molecule is CCOc1ccc2ccccc2c1C=Nn1c([C@@H](C)CC)nc2ccc(Br)cc2c1=O. The zero-order valence-corrected chi connectivity index (χ0v) is 19.4. The Bertz CT molecular complexity index is 1340. The molecule has 0 unspecified atom stereocenters. The van der Waals surface area contributed by atoms with E-state index in [-0.39, 0.29) is 11.5 Å². The fraction of sp³-hybridized carbons (Fsp3) is 0.240. The highest BCUT2D eigenvalue weighted by Gasteiger charge is 2.16. The van der Waals surface area contributed by atoms with Crippen LogP contribution in [-0.4, -0.2) is 22.5 Å². The average Bonchev–Trinajstić information content (AvgIpc) is 2.79. The molecule has 4 rings (SSSR count). The number of nitrogens with zero attached hydrogens (tertiary/aromatic N) is 3. The van der Waals surface area contributed by atoms with E-state index in [0.29, 0.717) is 23.3 Å². The molecule has 0 aliphatic heterocycles. The normalized spacial score (nSPS) is 12.6. The Labute approximate surface area is 189 Å². The molecule has 6 heteroatoms. The van der Waals surface area contributed by atoms with E-state index in [4.69, 9.17) is 9.72 Å². The van der Waals surface area contributed by atoms with Gasteiger partial charge in [-0.3, -0.25) is 4.79 Å². The van der Waals surface area contributed by atoms with Crippen molar-refractivity contribution < 1.29 is 4.74 Å². The molecule has 4 aromatic rings. The summed E-state index contributed by atoms with van der Waals surface area (Å²) in [5.74, 6) is 1.47. The minimum absolute atomic E-state index is 0.0803. The van der Waals surface area contributed by atoms with E-state index in [2.05, 4.69) is 34.9 Å². The van der Waals surface area contributed by atoms with E-state index < -0.39 is 0 Å². The second-order valence-corrected chi connectivity index (χ2v) is 8.35. The van der Waals surface area contributed by atoms with Gasteiger partial charge in [0.1, 0.15) is 11.6 Å². The van der Waals surface area contributed by atoms with Gasteiger partial charge in [-0.1, -0.05) is 60.1 Å². The smallest absolute Gasteiger partial charge is 0.282 e. The van der Waals surface area contributed by atoms with E-state index in [9.17, 15) is 4.79 Å². The van der Waals surface area contributed by atoms with Gasteiger partial charge in [-0.2, -0.15) is 9.78 Å². The number of ether oxygens (including phenoxy) is 1. The zero-order chi connectivity index (χ0) is 22.0. The van der Waals surface area contributed by atoms with Crippen LogP contribution in [0.2, 0.25) is 0 Å². The Morgan fingerprint density at radius 1 is 1.13 bits per heavy atom. The van der Waals surface area contributed by atoms with Crippen LogP contribution >= 0.6 is 15.9 Å². The molecule has 1 heterocycles. The molecule has 0 spiro atoms. The summed E-state index contributed by atoms with van der Waals surface area (Å²) in [6.07, 6.45) is 2.56. The van der Waals surface area contributed by atoms with Gasteiger partial charge in [0.2, 0.25) is 0 Å². The average molecular weight is 478 g/mol. The van der Waals surface area contributed by atoms with Crippen LogP contribution in [0.1, 0.15) is 44.5 Å². The van der Waals surface area contributed by atoms with Gasteiger partial charge in [0.05, 0.1) is 23.7 Å². The molecule has 1 atom stereocenters. The lowest BCUT2D eigenvalue weighted by Crippen LogP contribution is -2.23. The minimum Gasteiger partial charge on any atom is -0.493 e. The Kier molecular flexibility index (Phi) is 6.18. The van der Waals surface area contributed by atoms with Crippen molar-refractivity contribution in [3.05, 3.63) is 80.8 Å². The third kappa shape index (κ3) is 4.12. The standard InChI is InChI=1S/C25H24BrN3O2/c1-4-16(3)24-28-22-12-11-18(26)14-20(22)25(30)29(24)27-15-21-19-9-7-6-8-17(19)10-13-23(21)31-5-2/h6-16H,4-5H2,1-3H3/t16-/m0/s1. The number of rotatable bonds is 6. The summed E-state index contributed by atoms with van der Waals surface area (Å²) < 4.78 is 8.11. The van der Waals surface area contributed by atoms with E-state index in [0.717, 1.165) is 33.0 Å². The number of halogens is 1. The molecule has 158 valence electrons. The fourth-order valence-corrected chi connectivity index (χ4v) is 3.95. The summed E-state index contributed by atoms with van der Waals surface area (Å²) in [6, 6.07) is 17.6. The molecule has 0 radical (unpaired) electrons. The van der Waals surface area contributed by atoms with Crippen LogP contribution in [0.3, 0.4) is 0 Å². The number of hydrogen-bond donors (Lipinski definition) is 0. The molecule has 0 aliphatic carbocycles. The van der Waals surface area contributed by atoms with Crippen LogP contribution in [0.5, 0.6) is 5.75 Å². The van der Waals surface area contributed by atoms with Crippen LogP contribution in [0.15, 0.2) is 69.0 Å². The lowest BCUT2D eigenvalue weighted by Gasteiger charge is -2.14. The van der Waals surface area contributed by atoms with Gasteiger partial charge >= 0.3 is 0 Å². The van der Waals surface area contributed by atoms with Gasteiger partial charge in [0, 0.05) is 16.0 Å². The van der Waals surface area contributed by atoms with Crippen LogP contribution in [0.25, 0.3) is 21.7 Å². The number of aromatic nitrogens is 2. The molecular formula is C25H24BrN3O2. The van der Waals surface area contributed by atoms with Crippen molar-refractivity contribution in [2.45, 2.75) is 33.1 Å². The molecule has 0 saturated heterocycles. The molecule has 3 aromatic carbocycles. The highest BCUT2D eigenvalue weighted by molar-refractivity contribution is 9.10. The lowest BCUT2D eigenvalue weighted by atomic mass is 10.0. The largest absolute Gasteiger partial charge is 0.493 e. The van der Waals surface area contributed by atoms with Gasteiger partial charge in [-0.15, -0.1) is 0 Å². The Hall–Kier alpha value is -2.99. The van der Waals surface area contributed by atoms with Crippen LogP contribution < -0.4 is 10.3 Å². The van der Waals surface area contributed by atoms with Gasteiger partial charge in [0.25, 0.3) is 5.56 Å².